The normalized spacial score (nSPS) is 11.0. The largest absolute Gasteiger partial charge is 0.493 e. The molecule has 0 fully saturated rings. The molecule has 1 N–H and O–H groups in total. The molecule has 0 saturated heterocycles. The first kappa shape index (κ1) is 20.2. The van der Waals surface area contributed by atoms with E-state index in [1.54, 1.807) is 7.11 Å². The van der Waals surface area contributed by atoms with Crippen LogP contribution in [0.25, 0.3) is 17.1 Å². The Kier molecular flexibility index (Phi) is 6.68. The van der Waals surface area contributed by atoms with E-state index < -0.39 is 0 Å². The molecule has 0 spiro atoms. The Labute approximate surface area is 170 Å². The van der Waals surface area contributed by atoms with E-state index >= 15 is 0 Å². The molecular weight excluding hydrogens is 366 g/mol. The first-order valence-electron chi connectivity index (χ1n) is 9.44. The second-order valence-corrected chi connectivity index (χ2v) is 6.35. The van der Waals surface area contributed by atoms with Crippen molar-refractivity contribution in [3.05, 3.63) is 72.6 Å². The number of fused-ring (bicyclic) bond motifs is 1. The number of carbonyl (C=O) groups excluding carboxylic acids is 1. The number of hydrogen-bond donors (Lipinski definition) is 1. The average molecular weight is 391 g/mol. The van der Waals surface area contributed by atoms with Crippen molar-refractivity contribution in [2.24, 2.45) is 0 Å². The smallest absolute Gasteiger partial charge is 0.243 e. The molecule has 1 amide bonds. The topological polar surface area (TPSA) is 65.4 Å². The number of hydrogen-bond acceptors (Lipinski definition) is 4. The summed E-state index contributed by atoms with van der Waals surface area (Å²) in [6, 6.07) is 13.7. The summed E-state index contributed by atoms with van der Waals surface area (Å²) in [5.74, 6) is 1.91. The minimum Gasteiger partial charge on any atom is -0.493 e. The lowest BCUT2D eigenvalue weighted by molar-refractivity contribution is -0.116. The summed E-state index contributed by atoms with van der Waals surface area (Å²) in [6.07, 6.45) is 5.24. The van der Waals surface area contributed by atoms with Gasteiger partial charge in [-0.05, 0) is 42.8 Å². The van der Waals surface area contributed by atoms with Gasteiger partial charge in [-0.2, -0.15) is 0 Å². The third kappa shape index (κ3) is 4.85. The highest BCUT2D eigenvalue weighted by Gasteiger charge is 2.12. The van der Waals surface area contributed by atoms with Gasteiger partial charge in [0.25, 0.3) is 0 Å². The van der Waals surface area contributed by atoms with Crippen LogP contribution < -0.4 is 14.8 Å². The summed E-state index contributed by atoms with van der Waals surface area (Å²) in [6.45, 7) is 6.79. The number of allylic oxidation sites excluding steroid dienone is 1. The number of carbonyl (C=O) groups is 1. The van der Waals surface area contributed by atoms with Crippen LogP contribution in [0.2, 0.25) is 0 Å². The monoisotopic (exact) mass is 391 g/mol. The molecule has 0 atom stereocenters. The van der Waals surface area contributed by atoms with Crippen LogP contribution in [-0.2, 0) is 17.9 Å². The lowest BCUT2D eigenvalue weighted by Crippen LogP contribution is -2.23. The summed E-state index contributed by atoms with van der Waals surface area (Å²) in [5, 5.41) is 2.79. The summed E-state index contributed by atoms with van der Waals surface area (Å²) in [5.41, 5.74) is 2.93. The van der Waals surface area contributed by atoms with Crippen LogP contribution in [0.1, 0.15) is 18.3 Å². The quantitative estimate of drug-likeness (QED) is 0.561. The van der Waals surface area contributed by atoms with Crippen molar-refractivity contribution in [2.75, 3.05) is 13.7 Å². The van der Waals surface area contributed by atoms with Crippen molar-refractivity contribution in [3.63, 3.8) is 0 Å². The van der Waals surface area contributed by atoms with Crippen LogP contribution in [0.4, 0.5) is 0 Å². The maximum atomic E-state index is 11.5. The molecule has 1 aromatic heterocycles. The highest BCUT2D eigenvalue weighted by Crippen LogP contribution is 2.28. The lowest BCUT2D eigenvalue weighted by Gasteiger charge is -2.13. The van der Waals surface area contributed by atoms with Gasteiger partial charge in [0, 0.05) is 0 Å². The number of amides is 1. The minimum absolute atomic E-state index is 0.231. The number of imidazole rings is 1. The van der Waals surface area contributed by atoms with E-state index in [0.717, 1.165) is 22.4 Å². The Bertz CT molecular complexity index is 1040. The summed E-state index contributed by atoms with van der Waals surface area (Å²) < 4.78 is 13.5. The van der Waals surface area contributed by atoms with Crippen LogP contribution >= 0.6 is 0 Å². The molecule has 150 valence electrons. The van der Waals surface area contributed by atoms with E-state index in [1.165, 1.54) is 6.08 Å². The fraction of sp³-hybridized carbons (Fsp3) is 0.217. The third-order valence-corrected chi connectivity index (χ3v) is 4.46. The Morgan fingerprint density at radius 2 is 2.07 bits per heavy atom. The van der Waals surface area contributed by atoms with Gasteiger partial charge in [0.2, 0.25) is 5.91 Å². The Hall–Kier alpha value is -3.54. The van der Waals surface area contributed by atoms with E-state index in [-0.39, 0.29) is 5.91 Å². The molecule has 0 bridgehead atoms. The van der Waals surface area contributed by atoms with Crippen LogP contribution in [0, 0.1) is 0 Å². The number of nitrogens with one attached hydrogen (secondary N) is 1. The Balaban J connectivity index is 1.76. The SMILES string of the molecule is C=CC(=O)NCc1nc2ccccc2n1CCOc1ccc(/C=C/C)cc1OC. The molecule has 0 unspecified atom stereocenters. The van der Waals surface area contributed by atoms with Crippen molar-refractivity contribution in [3.8, 4) is 11.5 Å². The second-order valence-electron chi connectivity index (χ2n) is 6.35. The standard InChI is InChI=1S/C23H25N3O3/c1-4-8-17-11-12-20(21(15-17)28-3)29-14-13-26-19-10-7-6-9-18(19)25-22(26)16-24-23(27)5-2/h4-12,15H,2,13-14,16H2,1,3H3,(H,24,27)/b8-4+. The lowest BCUT2D eigenvalue weighted by atomic mass is 10.2. The van der Waals surface area contributed by atoms with E-state index in [9.17, 15) is 4.79 Å². The van der Waals surface area contributed by atoms with E-state index in [1.807, 2.05) is 61.5 Å². The second kappa shape index (κ2) is 9.59. The number of para-hydroxylation sites is 2. The minimum atomic E-state index is -0.231. The highest BCUT2D eigenvalue weighted by atomic mass is 16.5. The van der Waals surface area contributed by atoms with Crippen LogP contribution in [0.5, 0.6) is 11.5 Å². The maximum absolute atomic E-state index is 11.5. The molecule has 6 nitrogen and oxygen atoms in total. The van der Waals surface area contributed by atoms with Gasteiger partial charge in [0.05, 0.1) is 31.2 Å². The van der Waals surface area contributed by atoms with Crippen LogP contribution in [0.3, 0.4) is 0 Å². The highest BCUT2D eigenvalue weighted by molar-refractivity contribution is 5.86. The average Bonchev–Trinajstić information content (AvgIpc) is 3.10. The zero-order chi connectivity index (χ0) is 20.6. The summed E-state index contributed by atoms with van der Waals surface area (Å²) >= 11 is 0. The number of benzene rings is 2. The molecule has 0 aliphatic heterocycles. The van der Waals surface area contributed by atoms with E-state index in [2.05, 4.69) is 21.4 Å². The number of rotatable bonds is 9. The molecular formula is C23H25N3O3. The van der Waals surface area contributed by atoms with Crippen molar-refractivity contribution in [2.45, 2.75) is 20.0 Å². The van der Waals surface area contributed by atoms with Gasteiger partial charge < -0.3 is 19.4 Å². The molecule has 0 radical (unpaired) electrons. The summed E-state index contributed by atoms with van der Waals surface area (Å²) in [7, 11) is 1.63. The van der Waals surface area contributed by atoms with Gasteiger partial charge in [0.15, 0.2) is 11.5 Å². The summed E-state index contributed by atoms with van der Waals surface area (Å²) in [4.78, 5) is 16.2. The predicted molar refractivity (Wildman–Crippen MR) is 115 cm³/mol. The Morgan fingerprint density at radius 1 is 1.24 bits per heavy atom. The van der Waals surface area contributed by atoms with Gasteiger partial charge in [-0.15, -0.1) is 0 Å². The number of nitrogens with zero attached hydrogens (tertiary/aromatic N) is 2. The molecule has 3 rings (SSSR count). The predicted octanol–water partition coefficient (Wildman–Crippen LogP) is 3.96. The molecule has 0 aliphatic carbocycles. The molecule has 0 aliphatic rings. The fourth-order valence-electron chi connectivity index (χ4n) is 3.09. The molecule has 0 saturated carbocycles. The third-order valence-electron chi connectivity index (χ3n) is 4.46. The zero-order valence-electron chi connectivity index (χ0n) is 16.7. The van der Waals surface area contributed by atoms with E-state index in [0.29, 0.717) is 31.2 Å². The molecule has 6 heteroatoms. The Morgan fingerprint density at radius 3 is 2.83 bits per heavy atom. The van der Waals surface area contributed by atoms with Crippen molar-refractivity contribution < 1.29 is 14.3 Å². The first-order valence-corrected chi connectivity index (χ1v) is 9.44. The van der Waals surface area contributed by atoms with Crippen LogP contribution in [0.15, 0.2) is 61.2 Å². The van der Waals surface area contributed by atoms with Gasteiger partial charge in [0.1, 0.15) is 12.4 Å². The molecule has 29 heavy (non-hydrogen) atoms. The van der Waals surface area contributed by atoms with Gasteiger partial charge >= 0.3 is 0 Å². The van der Waals surface area contributed by atoms with Gasteiger partial charge in [-0.1, -0.05) is 36.9 Å². The molecule has 2 aromatic carbocycles. The number of aromatic nitrogens is 2. The van der Waals surface area contributed by atoms with Crippen molar-refractivity contribution in [1.29, 1.82) is 0 Å². The van der Waals surface area contributed by atoms with Gasteiger partial charge in [-0.25, -0.2) is 4.98 Å². The number of ether oxygens (including phenoxy) is 2. The maximum Gasteiger partial charge on any atom is 0.243 e. The molecule has 1 heterocycles. The van der Waals surface area contributed by atoms with Gasteiger partial charge in [-0.3, -0.25) is 4.79 Å². The number of methoxy groups -OCH3 is 1. The first-order chi connectivity index (χ1) is 14.2. The fourth-order valence-corrected chi connectivity index (χ4v) is 3.09. The molecule has 3 aromatic rings. The zero-order valence-corrected chi connectivity index (χ0v) is 16.7. The van der Waals surface area contributed by atoms with Crippen molar-refractivity contribution >= 4 is 23.0 Å². The van der Waals surface area contributed by atoms with Crippen LogP contribution in [-0.4, -0.2) is 29.2 Å². The van der Waals surface area contributed by atoms with E-state index in [4.69, 9.17) is 9.47 Å². The van der Waals surface area contributed by atoms with Crippen molar-refractivity contribution in [1.82, 2.24) is 14.9 Å².